The third-order valence-corrected chi connectivity index (χ3v) is 21.8. The topological polar surface area (TPSA) is 35.5 Å². The van der Waals surface area contributed by atoms with Gasteiger partial charge in [0, 0.05) is 6.10 Å². The Hall–Kier alpha value is -2.84. The van der Waals surface area contributed by atoms with Crippen molar-refractivity contribution in [2.45, 2.75) is 179 Å². The van der Waals surface area contributed by atoms with Crippen molar-refractivity contribution in [2.24, 2.45) is 10.8 Å². The number of carbonyl (C=O) groups excluding carboxylic acids is 1. The Labute approximate surface area is 353 Å². The number of hydrogen-bond donors (Lipinski definition) is 0. The van der Waals surface area contributed by atoms with Crippen molar-refractivity contribution >= 4 is 22.4 Å². The SMILES string of the molecule is CC1=C(/C=C/C(C)=C/C=C/C(C)=C/C=C/C=C(C)/C=C/C=C(C)/C=C/C2=C(C)C(=O)C(O[Si](C)(C)C(C)(C)C)CC2(C)C)C(C)(C)CC(O[Si](C)(C)C(C)(C)C)C1. The van der Waals surface area contributed by atoms with E-state index in [9.17, 15) is 4.79 Å². The summed E-state index contributed by atoms with van der Waals surface area (Å²) < 4.78 is 13.5. The molecule has 2 aliphatic rings. The van der Waals surface area contributed by atoms with Gasteiger partial charge in [0.15, 0.2) is 22.4 Å². The third-order valence-electron chi connectivity index (χ3n) is 12.8. The van der Waals surface area contributed by atoms with Crippen molar-refractivity contribution in [3.8, 4) is 0 Å². The van der Waals surface area contributed by atoms with Crippen molar-refractivity contribution in [2.75, 3.05) is 0 Å². The molecule has 0 aromatic heterocycles. The minimum absolute atomic E-state index is 0.0653. The fourth-order valence-corrected chi connectivity index (χ4v) is 9.73. The number of carbonyl (C=O) groups is 1. The second-order valence-corrected chi connectivity index (χ2v) is 30.8. The molecule has 0 spiro atoms. The molecule has 0 aliphatic heterocycles. The highest BCUT2D eigenvalue weighted by Gasteiger charge is 2.45. The maximum Gasteiger partial charge on any atom is 0.193 e. The lowest BCUT2D eigenvalue weighted by Gasteiger charge is -2.44. The first-order valence-electron chi connectivity index (χ1n) is 21.3. The Morgan fingerprint density at radius 3 is 1.42 bits per heavy atom. The molecule has 316 valence electrons. The zero-order valence-electron chi connectivity index (χ0n) is 40.1. The largest absolute Gasteiger partial charge is 0.414 e. The zero-order chi connectivity index (χ0) is 43.8. The van der Waals surface area contributed by atoms with Crippen LogP contribution in [0.3, 0.4) is 0 Å². The first-order chi connectivity index (χ1) is 25.9. The molecule has 0 radical (unpaired) electrons. The minimum atomic E-state index is -2.05. The summed E-state index contributed by atoms with van der Waals surface area (Å²) in [5.74, 6) is 0.138. The Balaban J connectivity index is 1.99. The lowest BCUT2D eigenvalue weighted by atomic mass is 9.71. The normalized spacial score (nSPS) is 22.9. The number of rotatable bonds is 14. The first-order valence-corrected chi connectivity index (χ1v) is 27.1. The monoisotopic (exact) mass is 811 g/mol. The standard InChI is InChI=1S/C52H82O3Si2/c1-38(27-23-29-40(3)31-33-45-42(5)35-44(36-51(45,13)14)54-56(17,18)49(7,8)9)25-21-22-26-39(2)28-24-30-41(4)32-34-46-43(6)48(53)47(37-52(46,15)16)55-57(19,20)50(10,11)12/h21-34,44,47H,35-37H2,1-20H3/b22-21+,27-23+,28-24+,33-31+,34-32+,38-25+,39-26+,40-29+,41-30+. The van der Waals surface area contributed by atoms with Crippen molar-refractivity contribution in [1.29, 1.82) is 0 Å². The van der Waals surface area contributed by atoms with Crippen LogP contribution >= 0.6 is 0 Å². The quantitative estimate of drug-likeness (QED) is 0.129. The maximum atomic E-state index is 13.4. The van der Waals surface area contributed by atoms with E-state index in [1.807, 2.05) is 6.92 Å². The van der Waals surface area contributed by atoms with Gasteiger partial charge in [-0.25, -0.2) is 0 Å². The molecule has 3 nitrogen and oxygen atoms in total. The molecule has 0 bridgehead atoms. The molecule has 0 saturated heterocycles. The van der Waals surface area contributed by atoms with Crippen LogP contribution in [0.2, 0.25) is 36.3 Å². The average Bonchev–Trinajstić information content (AvgIpc) is 3.03. The molecule has 0 aromatic carbocycles. The molecule has 5 heteroatoms. The molecule has 0 aromatic rings. The van der Waals surface area contributed by atoms with Crippen LogP contribution in [0.25, 0.3) is 0 Å². The Morgan fingerprint density at radius 2 is 0.982 bits per heavy atom. The van der Waals surface area contributed by atoms with E-state index in [4.69, 9.17) is 8.85 Å². The number of hydrogen-bond acceptors (Lipinski definition) is 3. The van der Waals surface area contributed by atoms with E-state index >= 15 is 0 Å². The van der Waals surface area contributed by atoms with Gasteiger partial charge in [0.2, 0.25) is 0 Å². The fourth-order valence-electron chi connectivity index (χ4n) is 7.12. The molecule has 0 heterocycles. The lowest BCUT2D eigenvalue weighted by Crippen LogP contribution is -2.49. The minimum Gasteiger partial charge on any atom is -0.414 e. The molecule has 57 heavy (non-hydrogen) atoms. The predicted octanol–water partition coefficient (Wildman–Crippen LogP) is 15.8. The van der Waals surface area contributed by atoms with Crippen LogP contribution in [0.4, 0.5) is 0 Å². The van der Waals surface area contributed by atoms with Gasteiger partial charge < -0.3 is 8.85 Å². The first kappa shape index (κ1) is 50.3. The number of allylic oxidation sites excluding steroid dienone is 20. The van der Waals surface area contributed by atoms with Crippen molar-refractivity contribution in [3.05, 3.63) is 130 Å². The molecule has 0 fully saturated rings. The summed E-state index contributed by atoms with van der Waals surface area (Å²) in [7, 11) is -3.85. The van der Waals surface area contributed by atoms with Gasteiger partial charge in [-0.05, 0) is 125 Å². The Morgan fingerprint density at radius 1 is 0.596 bits per heavy atom. The summed E-state index contributed by atoms with van der Waals surface area (Å²) >= 11 is 0. The second kappa shape index (κ2) is 19.9. The zero-order valence-corrected chi connectivity index (χ0v) is 42.1. The van der Waals surface area contributed by atoms with Crippen LogP contribution in [0, 0.1) is 10.8 Å². The van der Waals surface area contributed by atoms with E-state index in [2.05, 4.69) is 215 Å². The molecule has 2 aliphatic carbocycles. The predicted molar refractivity (Wildman–Crippen MR) is 257 cm³/mol. The average molecular weight is 811 g/mol. The van der Waals surface area contributed by atoms with E-state index in [0.717, 1.165) is 29.6 Å². The number of Topliss-reactive ketones (excluding diaryl/α,β-unsaturated/α-hetero) is 1. The van der Waals surface area contributed by atoms with Gasteiger partial charge >= 0.3 is 0 Å². The smallest absolute Gasteiger partial charge is 0.193 e. The molecule has 0 saturated carbocycles. The summed E-state index contributed by atoms with van der Waals surface area (Å²) in [6.07, 6.45) is 32.8. The van der Waals surface area contributed by atoms with E-state index in [-0.39, 0.29) is 32.8 Å². The molecule has 2 atom stereocenters. The number of ketones is 1. The van der Waals surface area contributed by atoms with Gasteiger partial charge in [-0.15, -0.1) is 0 Å². The molecule has 2 rings (SSSR count). The van der Waals surface area contributed by atoms with Crippen LogP contribution in [-0.4, -0.2) is 34.6 Å². The van der Waals surface area contributed by atoms with Gasteiger partial charge in [-0.3, -0.25) is 4.79 Å². The molecule has 0 amide bonds. The second-order valence-electron chi connectivity index (χ2n) is 21.3. The maximum absolute atomic E-state index is 13.4. The summed E-state index contributed by atoms with van der Waals surface area (Å²) in [5.41, 5.74) is 9.50. The van der Waals surface area contributed by atoms with E-state index < -0.39 is 16.6 Å². The Bertz CT molecular complexity index is 1790. The molecule has 2 unspecified atom stereocenters. The van der Waals surface area contributed by atoms with Crippen LogP contribution in [0.5, 0.6) is 0 Å². The van der Waals surface area contributed by atoms with Crippen molar-refractivity contribution in [1.82, 2.24) is 0 Å². The van der Waals surface area contributed by atoms with E-state index in [1.54, 1.807) is 0 Å². The van der Waals surface area contributed by atoms with E-state index in [0.29, 0.717) is 12.5 Å². The van der Waals surface area contributed by atoms with Crippen molar-refractivity contribution in [3.63, 3.8) is 0 Å². The lowest BCUT2D eigenvalue weighted by molar-refractivity contribution is -0.124. The van der Waals surface area contributed by atoms with Crippen LogP contribution in [-0.2, 0) is 13.6 Å². The van der Waals surface area contributed by atoms with Crippen LogP contribution < -0.4 is 0 Å². The van der Waals surface area contributed by atoms with Gasteiger partial charge in [0.05, 0.1) is 0 Å². The highest BCUT2D eigenvalue weighted by molar-refractivity contribution is 6.74. The van der Waals surface area contributed by atoms with Gasteiger partial charge in [-0.2, -0.15) is 0 Å². The van der Waals surface area contributed by atoms with Crippen molar-refractivity contribution < 1.29 is 13.6 Å². The Kier molecular flexibility index (Phi) is 17.6. The van der Waals surface area contributed by atoms with Crippen LogP contribution in [0.1, 0.15) is 130 Å². The summed E-state index contributed by atoms with van der Waals surface area (Å²) in [4.78, 5) is 13.4. The molecular formula is C52H82O3Si2. The van der Waals surface area contributed by atoms with E-state index in [1.165, 1.54) is 27.9 Å². The molecular weight excluding hydrogens is 729 g/mol. The van der Waals surface area contributed by atoms with Gasteiger partial charge in [0.25, 0.3) is 0 Å². The summed E-state index contributed by atoms with van der Waals surface area (Å²) in [6.45, 7) is 44.8. The van der Waals surface area contributed by atoms with Crippen LogP contribution in [0.15, 0.2) is 130 Å². The highest BCUT2D eigenvalue weighted by Crippen LogP contribution is 2.46. The molecule has 0 N–H and O–H groups in total. The highest BCUT2D eigenvalue weighted by atomic mass is 28.4. The summed E-state index contributed by atoms with van der Waals surface area (Å²) in [6, 6.07) is 0. The van der Waals surface area contributed by atoms with Gasteiger partial charge in [0.1, 0.15) is 6.10 Å². The summed E-state index contributed by atoms with van der Waals surface area (Å²) in [5, 5.41) is 0.290. The van der Waals surface area contributed by atoms with Gasteiger partial charge in [-0.1, -0.05) is 182 Å². The fraction of sp³-hybridized carbons (Fsp3) is 0.558. The third kappa shape index (κ3) is 15.0.